The summed E-state index contributed by atoms with van der Waals surface area (Å²) in [5.74, 6) is 1.47. The predicted octanol–water partition coefficient (Wildman–Crippen LogP) is 5.32. The van der Waals surface area contributed by atoms with Gasteiger partial charge in [0.05, 0.1) is 0 Å². The Bertz CT molecular complexity index is 352. The second-order valence-corrected chi connectivity index (χ2v) is 6.65. The highest BCUT2D eigenvalue weighted by Gasteiger charge is 2.15. The summed E-state index contributed by atoms with van der Waals surface area (Å²) >= 11 is 0. The van der Waals surface area contributed by atoms with Crippen LogP contribution in [0.5, 0.6) is 0 Å². The normalized spacial score (nSPS) is 11.7. The lowest BCUT2D eigenvalue weighted by Gasteiger charge is -2.22. The molecule has 0 heterocycles. The fraction of sp³-hybridized carbons (Fsp3) is 0.667. The standard InChI is InChI=1S/C18H30/c1-11(2)9-17-13(5)15(7)18(10-12(3)4)16(8)14(17)6/h11-12H,9-10H2,1-8H3. The zero-order valence-corrected chi connectivity index (χ0v) is 13.6. The number of hydrogen-bond donors (Lipinski definition) is 0. The van der Waals surface area contributed by atoms with Gasteiger partial charge in [0, 0.05) is 0 Å². The highest BCUT2D eigenvalue weighted by Crippen LogP contribution is 2.29. The van der Waals surface area contributed by atoms with Crippen LogP contribution in [0.1, 0.15) is 61.1 Å². The molecule has 0 aliphatic carbocycles. The van der Waals surface area contributed by atoms with Gasteiger partial charge in [-0.2, -0.15) is 0 Å². The lowest BCUT2D eigenvalue weighted by Crippen LogP contribution is -2.09. The molecule has 0 atom stereocenters. The predicted molar refractivity (Wildman–Crippen MR) is 82.5 cm³/mol. The molecule has 0 unspecified atom stereocenters. The molecule has 0 amide bonds. The fourth-order valence-corrected chi connectivity index (χ4v) is 2.90. The van der Waals surface area contributed by atoms with Gasteiger partial charge in [-0.1, -0.05) is 27.7 Å². The first kappa shape index (κ1) is 15.3. The molecular weight excluding hydrogens is 216 g/mol. The molecule has 0 radical (unpaired) electrons. The van der Waals surface area contributed by atoms with Crippen molar-refractivity contribution in [3.8, 4) is 0 Å². The first-order valence-corrected chi connectivity index (χ1v) is 7.33. The molecule has 1 aromatic rings. The molecule has 0 fully saturated rings. The topological polar surface area (TPSA) is 0 Å². The van der Waals surface area contributed by atoms with Gasteiger partial charge < -0.3 is 0 Å². The summed E-state index contributed by atoms with van der Waals surface area (Å²) in [4.78, 5) is 0. The fourth-order valence-electron chi connectivity index (χ4n) is 2.90. The zero-order valence-electron chi connectivity index (χ0n) is 13.6. The van der Waals surface area contributed by atoms with Gasteiger partial charge in [0.1, 0.15) is 0 Å². The molecular formula is C18H30. The van der Waals surface area contributed by atoms with E-state index in [0.717, 1.165) is 11.8 Å². The van der Waals surface area contributed by atoms with E-state index in [9.17, 15) is 0 Å². The number of benzene rings is 1. The molecule has 0 saturated carbocycles. The van der Waals surface area contributed by atoms with E-state index in [1.165, 1.54) is 35.1 Å². The molecule has 0 nitrogen and oxygen atoms in total. The van der Waals surface area contributed by atoms with Gasteiger partial charge in [-0.3, -0.25) is 0 Å². The van der Waals surface area contributed by atoms with Crippen LogP contribution in [0.4, 0.5) is 0 Å². The minimum atomic E-state index is 0.733. The average Bonchev–Trinajstić information content (AvgIpc) is 2.27. The molecule has 18 heavy (non-hydrogen) atoms. The molecule has 1 aromatic carbocycles. The van der Waals surface area contributed by atoms with E-state index < -0.39 is 0 Å². The van der Waals surface area contributed by atoms with Gasteiger partial charge in [-0.05, 0) is 85.8 Å². The van der Waals surface area contributed by atoms with Crippen LogP contribution in [0.3, 0.4) is 0 Å². The Morgan fingerprint density at radius 3 is 0.944 bits per heavy atom. The van der Waals surface area contributed by atoms with E-state index in [-0.39, 0.29) is 0 Å². The number of hydrogen-bond acceptors (Lipinski definition) is 0. The Labute approximate surface area is 114 Å². The largest absolute Gasteiger partial charge is 0.0625 e. The smallest absolute Gasteiger partial charge is 0.0250 e. The second kappa shape index (κ2) is 5.91. The summed E-state index contributed by atoms with van der Waals surface area (Å²) in [7, 11) is 0. The van der Waals surface area contributed by atoms with E-state index in [1.54, 1.807) is 11.1 Å². The first-order valence-electron chi connectivity index (χ1n) is 7.33. The van der Waals surface area contributed by atoms with Crippen LogP contribution in [-0.2, 0) is 12.8 Å². The average molecular weight is 246 g/mol. The van der Waals surface area contributed by atoms with Gasteiger partial charge in [0.15, 0.2) is 0 Å². The Morgan fingerprint density at radius 1 is 0.556 bits per heavy atom. The van der Waals surface area contributed by atoms with Crippen LogP contribution in [0.15, 0.2) is 0 Å². The molecule has 0 aliphatic heterocycles. The highest BCUT2D eigenvalue weighted by atomic mass is 14.2. The summed E-state index contributed by atoms with van der Waals surface area (Å²) in [6.07, 6.45) is 2.42. The van der Waals surface area contributed by atoms with Crippen LogP contribution < -0.4 is 0 Å². The van der Waals surface area contributed by atoms with Crippen LogP contribution in [0.25, 0.3) is 0 Å². The number of rotatable bonds is 4. The van der Waals surface area contributed by atoms with Gasteiger partial charge in [-0.25, -0.2) is 0 Å². The van der Waals surface area contributed by atoms with Crippen molar-refractivity contribution in [3.63, 3.8) is 0 Å². The summed E-state index contributed by atoms with van der Waals surface area (Å²) in [6, 6.07) is 0. The van der Waals surface area contributed by atoms with E-state index in [1.807, 2.05) is 0 Å². The second-order valence-electron chi connectivity index (χ2n) is 6.65. The monoisotopic (exact) mass is 246 g/mol. The lowest BCUT2D eigenvalue weighted by molar-refractivity contribution is 0.630. The molecule has 0 saturated heterocycles. The van der Waals surface area contributed by atoms with Crippen molar-refractivity contribution in [3.05, 3.63) is 33.4 Å². The van der Waals surface area contributed by atoms with Gasteiger partial charge in [-0.15, -0.1) is 0 Å². The third-order valence-corrected chi connectivity index (χ3v) is 4.16. The Morgan fingerprint density at radius 2 is 0.778 bits per heavy atom. The van der Waals surface area contributed by atoms with Crippen molar-refractivity contribution < 1.29 is 0 Å². The molecule has 0 heteroatoms. The van der Waals surface area contributed by atoms with Crippen LogP contribution >= 0.6 is 0 Å². The molecule has 0 aliphatic rings. The third kappa shape index (κ3) is 3.16. The van der Waals surface area contributed by atoms with Crippen LogP contribution in [-0.4, -0.2) is 0 Å². The Kier molecular flexibility index (Phi) is 5.01. The lowest BCUT2D eigenvalue weighted by atomic mass is 9.83. The van der Waals surface area contributed by atoms with Crippen molar-refractivity contribution in [1.29, 1.82) is 0 Å². The SMILES string of the molecule is Cc1c(C)c(CC(C)C)c(C)c(C)c1CC(C)C. The van der Waals surface area contributed by atoms with Crippen LogP contribution in [0.2, 0.25) is 0 Å². The summed E-state index contributed by atoms with van der Waals surface area (Å²) in [5, 5.41) is 0. The maximum absolute atomic E-state index is 2.31. The minimum Gasteiger partial charge on any atom is -0.0625 e. The van der Waals surface area contributed by atoms with Gasteiger partial charge in [0.2, 0.25) is 0 Å². The van der Waals surface area contributed by atoms with Crippen molar-refractivity contribution in [2.24, 2.45) is 11.8 Å². The molecule has 0 bridgehead atoms. The van der Waals surface area contributed by atoms with Crippen molar-refractivity contribution in [2.75, 3.05) is 0 Å². The Hall–Kier alpha value is -0.780. The first-order chi connectivity index (χ1) is 8.25. The minimum absolute atomic E-state index is 0.733. The molecule has 0 aromatic heterocycles. The van der Waals surface area contributed by atoms with Crippen molar-refractivity contribution in [2.45, 2.75) is 68.2 Å². The van der Waals surface area contributed by atoms with Crippen LogP contribution in [0, 0.1) is 39.5 Å². The maximum Gasteiger partial charge on any atom is -0.0250 e. The summed E-state index contributed by atoms with van der Waals surface area (Å²) in [6.45, 7) is 18.5. The summed E-state index contributed by atoms with van der Waals surface area (Å²) < 4.78 is 0. The molecule has 0 spiro atoms. The highest BCUT2D eigenvalue weighted by molar-refractivity contribution is 5.50. The van der Waals surface area contributed by atoms with E-state index in [4.69, 9.17) is 0 Å². The summed E-state index contributed by atoms with van der Waals surface area (Å²) in [5.41, 5.74) is 9.30. The van der Waals surface area contributed by atoms with E-state index >= 15 is 0 Å². The van der Waals surface area contributed by atoms with E-state index in [0.29, 0.717) is 0 Å². The molecule has 102 valence electrons. The van der Waals surface area contributed by atoms with Gasteiger partial charge in [0.25, 0.3) is 0 Å². The van der Waals surface area contributed by atoms with Gasteiger partial charge >= 0.3 is 0 Å². The zero-order chi connectivity index (χ0) is 14.0. The van der Waals surface area contributed by atoms with Crippen molar-refractivity contribution in [1.82, 2.24) is 0 Å². The Balaban J connectivity index is 3.35. The molecule has 1 rings (SSSR count). The third-order valence-electron chi connectivity index (χ3n) is 4.16. The quantitative estimate of drug-likeness (QED) is 0.674. The molecule has 0 N–H and O–H groups in total. The van der Waals surface area contributed by atoms with E-state index in [2.05, 4.69) is 55.4 Å². The maximum atomic E-state index is 2.31. The van der Waals surface area contributed by atoms with Crippen molar-refractivity contribution >= 4 is 0 Å².